The molecule has 2 aromatic rings. The molecule has 5 nitrogen and oxygen atoms in total. The molecule has 0 amide bonds. The first-order valence-electron chi connectivity index (χ1n) is 8.78. The number of ether oxygens (including phenoxy) is 1. The van der Waals surface area contributed by atoms with Crippen molar-refractivity contribution >= 4 is 11.9 Å². The fourth-order valence-electron chi connectivity index (χ4n) is 2.75. The highest BCUT2D eigenvalue weighted by molar-refractivity contribution is 5.80. The molecule has 138 valence electrons. The summed E-state index contributed by atoms with van der Waals surface area (Å²) in [4.78, 5) is 15.8. The zero-order chi connectivity index (χ0) is 18.8. The fourth-order valence-corrected chi connectivity index (χ4v) is 2.75. The predicted octanol–water partition coefficient (Wildman–Crippen LogP) is 2.79. The molecule has 0 bridgehead atoms. The van der Waals surface area contributed by atoms with E-state index in [9.17, 15) is 4.79 Å². The zero-order valence-electron chi connectivity index (χ0n) is 15.6. The molecule has 0 saturated heterocycles. The van der Waals surface area contributed by atoms with Crippen molar-refractivity contribution in [3.63, 3.8) is 0 Å². The van der Waals surface area contributed by atoms with Gasteiger partial charge in [-0.15, -0.1) is 0 Å². The first kappa shape index (κ1) is 19.5. The molecular weight excluding hydrogens is 326 g/mol. The third kappa shape index (κ3) is 5.62. The minimum Gasteiger partial charge on any atom is -0.469 e. The number of methoxy groups -OCH3 is 1. The summed E-state index contributed by atoms with van der Waals surface area (Å²) in [5, 5.41) is 6.55. The average Bonchev–Trinajstić information content (AvgIpc) is 2.71. The number of nitrogens with one attached hydrogen (secondary N) is 2. The van der Waals surface area contributed by atoms with Gasteiger partial charge < -0.3 is 15.4 Å². The molecule has 0 aliphatic heterocycles. The lowest BCUT2D eigenvalue weighted by Gasteiger charge is -2.21. The van der Waals surface area contributed by atoms with E-state index in [1.54, 1.807) is 7.05 Å². The molecule has 26 heavy (non-hydrogen) atoms. The third-order valence-electron chi connectivity index (χ3n) is 4.28. The molecule has 2 aromatic carbocycles. The quantitative estimate of drug-likeness (QED) is 0.456. The van der Waals surface area contributed by atoms with Gasteiger partial charge in [-0.05, 0) is 11.1 Å². The third-order valence-corrected chi connectivity index (χ3v) is 4.28. The number of carbonyl (C=O) groups excluding carboxylic acids is 1. The van der Waals surface area contributed by atoms with Crippen molar-refractivity contribution in [1.82, 2.24) is 10.6 Å². The second kappa shape index (κ2) is 10.2. The van der Waals surface area contributed by atoms with Gasteiger partial charge in [-0.2, -0.15) is 0 Å². The molecule has 5 heteroatoms. The summed E-state index contributed by atoms with van der Waals surface area (Å²) in [6.07, 6.45) is 0. The summed E-state index contributed by atoms with van der Waals surface area (Å²) in [5.74, 6) is 0.392. The molecule has 0 aromatic heterocycles. The Balaban J connectivity index is 2.03. The molecule has 0 radical (unpaired) electrons. The van der Waals surface area contributed by atoms with Crippen LogP contribution in [0.2, 0.25) is 0 Å². The summed E-state index contributed by atoms with van der Waals surface area (Å²) in [7, 11) is 3.12. The Morgan fingerprint density at radius 1 is 0.962 bits per heavy atom. The van der Waals surface area contributed by atoms with Gasteiger partial charge in [-0.3, -0.25) is 9.79 Å². The van der Waals surface area contributed by atoms with Crippen LogP contribution in [0.1, 0.15) is 24.0 Å². The van der Waals surface area contributed by atoms with Crippen LogP contribution in [0.3, 0.4) is 0 Å². The van der Waals surface area contributed by atoms with Crippen molar-refractivity contribution in [3.8, 4) is 0 Å². The number of benzene rings is 2. The maximum absolute atomic E-state index is 11.5. The van der Waals surface area contributed by atoms with Gasteiger partial charge in [0.25, 0.3) is 0 Å². The molecule has 0 fully saturated rings. The van der Waals surface area contributed by atoms with Crippen molar-refractivity contribution in [2.75, 3.05) is 27.2 Å². The van der Waals surface area contributed by atoms with E-state index < -0.39 is 0 Å². The van der Waals surface area contributed by atoms with Gasteiger partial charge in [-0.25, -0.2) is 0 Å². The first-order chi connectivity index (χ1) is 12.7. The Kier molecular flexibility index (Phi) is 7.68. The molecule has 2 rings (SSSR count). The van der Waals surface area contributed by atoms with E-state index in [2.05, 4.69) is 64.2 Å². The van der Waals surface area contributed by atoms with Crippen LogP contribution in [-0.4, -0.2) is 39.2 Å². The highest BCUT2D eigenvalue weighted by Crippen LogP contribution is 2.23. The van der Waals surface area contributed by atoms with E-state index in [0.29, 0.717) is 19.0 Å². The molecule has 1 atom stereocenters. The number of rotatable bonds is 7. The number of hydrogen-bond acceptors (Lipinski definition) is 3. The number of nitrogens with zero attached hydrogens (tertiary/aromatic N) is 1. The maximum Gasteiger partial charge on any atom is 0.310 e. The molecule has 0 spiro atoms. The van der Waals surface area contributed by atoms with Gasteiger partial charge in [-0.1, -0.05) is 67.6 Å². The smallest absolute Gasteiger partial charge is 0.310 e. The second-order valence-corrected chi connectivity index (χ2v) is 6.13. The lowest BCUT2D eigenvalue weighted by Crippen LogP contribution is -2.42. The predicted molar refractivity (Wildman–Crippen MR) is 105 cm³/mol. The van der Waals surface area contributed by atoms with Gasteiger partial charge in [0.1, 0.15) is 0 Å². The summed E-state index contributed by atoms with van der Waals surface area (Å²) in [6, 6.07) is 20.8. The van der Waals surface area contributed by atoms with Gasteiger partial charge >= 0.3 is 5.97 Å². The van der Waals surface area contributed by atoms with Crippen molar-refractivity contribution in [2.24, 2.45) is 10.9 Å². The Bertz CT molecular complexity index is 662. The molecule has 1 unspecified atom stereocenters. The Hall–Kier alpha value is -2.82. The van der Waals surface area contributed by atoms with E-state index in [1.165, 1.54) is 18.2 Å². The monoisotopic (exact) mass is 353 g/mol. The molecule has 0 heterocycles. The van der Waals surface area contributed by atoms with Crippen molar-refractivity contribution in [2.45, 2.75) is 12.8 Å². The standard InChI is InChI=1S/C21H27N3O2/c1-16(20(25)26-3)14-23-21(22-2)24-15-19(17-10-6-4-7-11-17)18-12-8-5-9-13-18/h4-13,16,19H,14-15H2,1-3H3,(H2,22,23,24). The number of carbonyl (C=O) groups is 1. The molecule has 2 N–H and O–H groups in total. The van der Waals surface area contributed by atoms with E-state index in [-0.39, 0.29) is 17.8 Å². The summed E-state index contributed by atoms with van der Waals surface area (Å²) in [6.45, 7) is 2.98. The van der Waals surface area contributed by atoms with Gasteiger partial charge in [0.05, 0.1) is 13.0 Å². The minimum atomic E-state index is -0.238. The SMILES string of the molecule is CN=C(NCC(C)C(=O)OC)NCC(c1ccccc1)c1ccccc1. The van der Waals surface area contributed by atoms with Crippen molar-refractivity contribution in [1.29, 1.82) is 0 Å². The van der Waals surface area contributed by atoms with E-state index in [0.717, 1.165) is 0 Å². The highest BCUT2D eigenvalue weighted by atomic mass is 16.5. The Morgan fingerprint density at radius 3 is 1.92 bits per heavy atom. The Labute approximate surface area is 155 Å². The van der Waals surface area contributed by atoms with Gasteiger partial charge in [0.15, 0.2) is 5.96 Å². The van der Waals surface area contributed by atoms with Crippen LogP contribution in [0.15, 0.2) is 65.7 Å². The summed E-state index contributed by atoms with van der Waals surface area (Å²) >= 11 is 0. The number of hydrogen-bond donors (Lipinski definition) is 2. The Morgan fingerprint density at radius 2 is 1.46 bits per heavy atom. The average molecular weight is 353 g/mol. The first-order valence-corrected chi connectivity index (χ1v) is 8.78. The number of guanidine groups is 1. The van der Waals surface area contributed by atoms with Gasteiger partial charge in [0.2, 0.25) is 0 Å². The fraction of sp³-hybridized carbons (Fsp3) is 0.333. The van der Waals surface area contributed by atoms with Crippen LogP contribution in [0, 0.1) is 5.92 Å². The van der Waals surface area contributed by atoms with Crippen LogP contribution < -0.4 is 10.6 Å². The maximum atomic E-state index is 11.5. The van der Waals surface area contributed by atoms with Gasteiger partial charge in [0, 0.05) is 26.1 Å². The van der Waals surface area contributed by atoms with Crippen LogP contribution >= 0.6 is 0 Å². The molecule has 0 saturated carbocycles. The largest absolute Gasteiger partial charge is 0.469 e. The number of aliphatic imine (C=N–C) groups is 1. The van der Waals surface area contributed by atoms with Crippen LogP contribution in [0.25, 0.3) is 0 Å². The van der Waals surface area contributed by atoms with Crippen molar-refractivity contribution in [3.05, 3.63) is 71.8 Å². The lowest BCUT2D eigenvalue weighted by atomic mass is 9.91. The summed E-state index contributed by atoms with van der Waals surface area (Å²) < 4.78 is 4.75. The highest BCUT2D eigenvalue weighted by Gasteiger charge is 2.16. The molecule has 0 aliphatic carbocycles. The normalized spacial score (nSPS) is 12.5. The summed E-state index contributed by atoms with van der Waals surface area (Å²) in [5.41, 5.74) is 2.48. The van der Waals surface area contributed by atoms with E-state index >= 15 is 0 Å². The zero-order valence-corrected chi connectivity index (χ0v) is 15.6. The second-order valence-electron chi connectivity index (χ2n) is 6.13. The topological polar surface area (TPSA) is 62.7 Å². The van der Waals surface area contributed by atoms with Crippen LogP contribution in [0.5, 0.6) is 0 Å². The van der Waals surface area contributed by atoms with Crippen molar-refractivity contribution < 1.29 is 9.53 Å². The lowest BCUT2D eigenvalue weighted by molar-refractivity contribution is -0.144. The molecular formula is C21H27N3O2. The van der Waals surface area contributed by atoms with E-state index in [4.69, 9.17) is 4.74 Å². The molecule has 0 aliphatic rings. The minimum absolute atomic E-state index is 0.203. The van der Waals surface area contributed by atoms with Crippen LogP contribution in [0.4, 0.5) is 0 Å². The number of esters is 1. The van der Waals surface area contributed by atoms with E-state index in [1.807, 2.05) is 19.1 Å². The van der Waals surface area contributed by atoms with Crippen LogP contribution in [-0.2, 0) is 9.53 Å².